The Labute approximate surface area is 217 Å². The number of aromatic nitrogens is 2. The van der Waals surface area contributed by atoms with E-state index in [-0.39, 0.29) is 18.0 Å². The molecule has 1 aromatic heterocycles. The zero-order chi connectivity index (χ0) is 25.8. The van der Waals surface area contributed by atoms with Gasteiger partial charge in [0.25, 0.3) is 5.56 Å². The van der Waals surface area contributed by atoms with E-state index >= 15 is 0 Å². The average Bonchev–Trinajstić information content (AvgIpc) is 3.35. The van der Waals surface area contributed by atoms with E-state index < -0.39 is 0 Å². The summed E-state index contributed by atoms with van der Waals surface area (Å²) in [4.78, 5) is 30.6. The van der Waals surface area contributed by atoms with Crippen LogP contribution in [-0.4, -0.2) is 59.0 Å². The molecule has 8 nitrogen and oxygen atoms in total. The lowest BCUT2D eigenvalue weighted by Crippen LogP contribution is -2.39. The summed E-state index contributed by atoms with van der Waals surface area (Å²) < 4.78 is 12.6. The second-order valence-corrected chi connectivity index (χ2v) is 10.2. The summed E-state index contributed by atoms with van der Waals surface area (Å²) in [5, 5.41) is 5.89. The van der Waals surface area contributed by atoms with Crippen molar-refractivity contribution in [1.29, 1.82) is 0 Å². The maximum absolute atomic E-state index is 13.3. The van der Waals surface area contributed by atoms with Crippen LogP contribution in [0.1, 0.15) is 48.9 Å². The lowest BCUT2D eigenvalue weighted by Gasteiger charge is -2.25. The van der Waals surface area contributed by atoms with Gasteiger partial charge in [-0.05, 0) is 81.9 Å². The van der Waals surface area contributed by atoms with Gasteiger partial charge in [-0.15, -0.1) is 0 Å². The number of aryl methyl sites for hydroxylation is 2. The van der Waals surface area contributed by atoms with Crippen molar-refractivity contribution in [1.82, 2.24) is 19.6 Å². The van der Waals surface area contributed by atoms with E-state index in [1.165, 1.54) is 15.8 Å². The van der Waals surface area contributed by atoms with Crippen LogP contribution in [0.25, 0.3) is 10.8 Å². The Kier molecular flexibility index (Phi) is 7.74. The summed E-state index contributed by atoms with van der Waals surface area (Å²) in [7, 11) is 2.14. The lowest BCUT2D eigenvalue weighted by molar-refractivity contribution is -0.132. The molecular weight excluding hydrogens is 468 g/mol. The van der Waals surface area contributed by atoms with Gasteiger partial charge in [-0.3, -0.25) is 9.59 Å². The highest BCUT2D eigenvalue weighted by molar-refractivity contribution is 5.83. The van der Waals surface area contributed by atoms with Gasteiger partial charge in [-0.2, -0.15) is 5.10 Å². The van der Waals surface area contributed by atoms with Crippen molar-refractivity contribution in [3.05, 3.63) is 63.6 Å². The Morgan fingerprint density at radius 2 is 1.59 bits per heavy atom. The molecule has 0 N–H and O–H groups in total. The fraction of sp³-hybridized carbons (Fsp3) is 0.483. The van der Waals surface area contributed by atoms with Crippen molar-refractivity contribution in [2.75, 3.05) is 33.5 Å². The SMILES string of the molecule is Cc1nn(CC(=O)N2CCCCCc3cc4c(cc3CN(C)CCCC2)OCO4)c(=O)c2ccccc12. The molecule has 5 rings (SSSR count). The minimum absolute atomic E-state index is 0.0229. The maximum atomic E-state index is 13.3. The number of carbonyl (C=O) groups excluding carboxylic acids is 1. The van der Waals surface area contributed by atoms with E-state index in [2.05, 4.69) is 29.2 Å². The van der Waals surface area contributed by atoms with Gasteiger partial charge in [-0.25, -0.2) is 4.68 Å². The van der Waals surface area contributed by atoms with Crippen molar-refractivity contribution in [2.45, 2.75) is 58.5 Å². The van der Waals surface area contributed by atoms with Crippen LogP contribution >= 0.6 is 0 Å². The molecule has 8 heteroatoms. The van der Waals surface area contributed by atoms with Gasteiger partial charge in [0.15, 0.2) is 11.5 Å². The van der Waals surface area contributed by atoms with Gasteiger partial charge in [0.05, 0.1) is 11.1 Å². The molecule has 196 valence electrons. The number of ether oxygens (including phenoxy) is 2. The molecule has 3 aromatic rings. The number of rotatable bonds is 2. The fourth-order valence-electron chi connectivity index (χ4n) is 5.36. The second kappa shape index (κ2) is 11.3. The van der Waals surface area contributed by atoms with E-state index in [4.69, 9.17) is 9.47 Å². The number of benzene rings is 2. The molecule has 0 fully saturated rings. The first-order valence-electron chi connectivity index (χ1n) is 13.3. The van der Waals surface area contributed by atoms with Crippen LogP contribution in [0.5, 0.6) is 11.5 Å². The quantitative estimate of drug-likeness (QED) is 0.527. The number of carbonyl (C=O) groups is 1. The minimum Gasteiger partial charge on any atom is -0.454 e. The minimum atomic E-state index is -0.210. The first-order chi connectivity index (χ1) is 18.0. The predicted octanol–water partition coefficient (Wildman–Crippen LogP) is 3.90. The van der Waals surface area contributed by atoms with E-state index in [1.807, 2.05) is 30.0 Å². The van der Waals surface area contributed by atoms with E-state index in [0.717, 1.165) is 74.2 Å². The molecule has 0 saturated carbocycles. The molecule has 2 aromatic carbocycles. The Bertz CT molecular complexity index is 1340. The molecule has 37 heavy (non-hydrogen) atoms. The maximum Gasteiger partial charge on any atom is 0.275 e. The summed E-state index contributed by atoms with van der Waals surface area (Å²) in [5.41, 5.74) is 3.18. The van der Waals surface area contributed by atoms with Crippen LogP contribution in [-0.2, 0) is 24.3 Å². The average molecular weight is 505 g/mol. The smallest absolute Gasteiger partial charge is 0.275 e. The normalized spacial score (nSPS) is 17.4. The number of fused-ring (bicyclic) bond motifs is 3. The van der Waals surface area contributed by atoms with Crippen molar-refractivity contribution in [2.24, 2.45) is 0 Å². The molecule has 0 radical (unpaired) electrons. The highest BCUT2D eigenvalue weighted by Crippen LogP contribution is 2.36. The van der Waals surface area contributed by atoms with E-state index in [9.17, 15) is 9.59 Å². The largest absolute Gasteiger partial charge is 0.454 e. The molecule has 1 amide bonds. The highest BCUT2D eigenvalue weighted by Gasteiger charge is 2.20. The predicted molar refractivity (Wildman–Crippen MR) is 143 cm³/mol. The van der Waals surface area contributed by atoms with Gasteiger partial charge in [0.1, 0.15) is 6.54 Å². The van der Waals surface area contributed by atoms with Crippen LogP contribution in [0.2, 0.25) is 0 Å². The zero-order valence-electron chi connectivity index (χ0n) is 21.9. The molecule has 2 aliphatic heterocycles. The summed E-state index contributed by atoms with van der Waals surface area (Å²) in [6.07, 6.45) is 5.90. The van der Waals surface area contributed by atoms with E-state index in [0.29, 0.717) is 25.3 Å². The third-order valence-corrected chi connectivity index (χ3v) is 7.42. The zero-order valence-corrected chi connectivity index (χ0v) is 21.9. The van der Waals surface area contributed by atoms with Crippen LogP contribution in [0.3, 0.4) is 0 Å². The van der Waals surface area contributed by atoms with Gasteiger partial charge in [0, 0.05) is 25.0 Å². The van der Waals surface area contributed by atoms with Gasteiger partial charge in [0.2, 0.25) is 12.7 Å². The van der Waals surface area contributed by atoms with Crippen molar-refractivity contribution < 1.29 is 14.3 Å². The van der Waals surface area contributed by atoms with E-state index in [1.54, 1.807) is 6.07 Å². The standard InChI is InChI=1S/C29H36N4O4/c1-21-24-11-5-6-12-25(24)29(35)33(30-21)19-28(34)32-14-7-3-4-10-22-16-26-27(37-20-36-26)17-23(22)18-31(2)13-8-9-15-32/h5-6,11-12,16-17H,3-4,7-10,13-15,18-20H2,1-2H3. The molecule has 0 atom stereocenters. The highest BCUT2D eigenvalue weighted by atomic mass is 16.7. The second-order valence-electron chi connectivity index (χ2n) is 10.2. The molecule has 2 aliphatic rings. The van der Waals surface area contributed by atoms with Crippen LogP contribution in [0.4, 0.5) is 0 Å². The summed E-state index contributed by atoms with van der Waals surface area (Å²) in [5.74, 6) is 1.65. The molecule has 3 heterocycles. The fourth-order valence-corrected chi connectivity index (χ4v) is 5.36. The first-order valence-corrected chi connectivity index (χ1v) is 13.3. The summed E-state index contributed by atoms with van der Waals surface area (Å²) in [6, 6.07) is 11.7. The van der Waals surface area contributed by atoms with Gasteiger partial charge >= 0.3 is 0 Å². The summed E-state index contributed by atoms with van der Waals surface area (Å²) in [6.45, 7) is 5.36. The third-order valence-electron chi connectivity index (χ3n) is 7.42. The summed E-state index contributed by atoms with van der Waals surface area (Å²) >= 11 is 0. The van der Waals surface area contributed by atoms with Gasteiger partial charge in [-0.1, -0.05) is 24.6 Å². The molecular formula is C29H36N4O4. The number of nitrogens with zero attached hydrogens (tertiary/aromatic N) is 4. The molecule has 0 spiro atoms. The Balaban J connectivity index is 1.27. The molecule has 0 unspecified atom stereocenters. The number of hydrogen-bond acceptors (Lipinski definition) is 6. The Morgan fingerprint density at radius 1 is 0.919 bits per heavy atom. The van der Waals surface area contributed by atoms with Gasteiger partial charge < -0.3 is 19.3 Å². The first kappa shape index (κ1) is 25.3. The third kappa shape index (κ3) is 5.80. The number of amides is 1. The van der Waals surface area contributed by atoms with Crippen LogP contribution in [0, 0.1) is 6.92 Å². The molecule has 0 saturated heterocycles. The van der Waals surface area contributed by atoms with Crippen LogP contribution < -0.4 is 15.0 Å². The topological polar surface area (TPSA) is 76.9 Å². The van der Waals surface area contributed by atoms with Crippen LogP contribution in [0.15, 0.2) is 41.2 Å². The Hall–Kier alpha value is -3.39. The molecule has 0 bridgehead atoms. The van der Waals surface area contributed by atoms with Crippen molar-refractivity contribution in [3.8, 4) is 11.5 Å². The lowest BCUT2D eigenvalue weighted by atomic mass is 9.99. The monoisotopic (exact) mass is 504 g/mol. The molecule has 0 aliphatic carbocycles. The van der Waals surface area contributed by atoms with Crippen molar-refractivity contribution in [3.63, 3.8) is 0 Å². The Morgan fingerprint density at radius 3 is 2.38 bits per heavy atom. The van der Waals surface area contributed by atoms with Crippen molar-refractivity contribution >= 4 is 16.7 Å². The number of hydrogen-bond donors (Lipinski definition) is 0.